The summed E-state index contributed by atoms with van der Waals surface area (Å²) < 4.78 is 16.1. The fraction of sp³-hybridized carbons (Fsp3) is 0.681. The fourth-order valence-corrected chi connectivity index (χ4v) is 6.51. The smallest absolute Gasteiger partial charge is 0.326 e. The second kappa shape index (κ2) is 25.0. The number of halogens is 1. The number of amides is 5. The predicted octanol–water partition coefficient (Wildman–Crippen LogP) is 4.77. The van der Waals surface area contributed by atoms with Gasteiger partial charge in [-0.1, -0.05) is 52.3 Å². The monoisotopic (exact) mass is 951 g/mol. The van der Waals surface area contributed by atoms with Gasteiger partial charge in [0.25, 0.3) is 0 Å². The number of hydrogen-bond donors (Lipinski definition) is 6. The molecule has 66 heavy (non-hydrogen) atoms. The molecule has 0 unspecified atom stereocenters. The number of esters is 3. The van der Waals surface area contributed by atoms with Crippen LogP contribution in [-0.4, -0.2) is 106 Å². The molecule has 1 aromatic rings. The first-order valence-corrected chi connectivity index (χ1v) is 22.5. The van der Waals surface area contributed by atoms with Crippen LogP contribution in [0.5, 0.6) is 0 Å². The third kappa shape index (κ3) is 23.8. The molecule has 0 bridgehead atoms. The third-order valence-electron chi connectivity index (χ3n) is 9.21. The van der Waals surface area contributed by atoms with E-state index in [4.69, 9.17) is 25.8 Å². The van der Waals surface area contributed by atoms with Gasteiger partial charge in [0.1, 0.15) is 47.0 Å². The van der Waals surface area contributed by atoms with Gasteiger partial charge >= 0.3 is 23.9 Å². The molecule has 0 aliphatic rings. The normalized spacial score (nSPS) is 14.3. The molecule has 5 amide bonds. The molecule has 1 rings (SSSR count). The lowest BCUT2D eigenvalue weighted by Crippen LogP contribution is -2.61. The van der Waals surface area contributed by atoms with E-state index in [-0.39, 0.29) is 31.6 Å². The largest absolute Gasteiger partial charge is 0.480 e. The van der Waals surface area contributed by atoms with Crippen LogP contribution < -0.4 is 26.6 Å². The molecule has 0 spiro atoms. The van der Waals surface area contributed by atoms with E-state index in [1.807, 2.05) is 0 Å². The first-order valence-electron chi connectivity index (χ1n) is 22.1. The van der Waals surface area contributed by atoms with Crippen LogP contribution in [0.4, 0.5) is 0 Å². The van der Waals surface area contributed by atoms with Crippen molar-refractivity contribution < 1.29 is 62.5 Å². The average Bonchev–Trinajstić information content (AvgIpc) is 3.11. The standard InChI is InChI=1S/C47H74ClN5O13/c1-26(2)22-33(43(62)63)52-42(61)38(44(4,5)6)53-41(60)31(24-28-16-17-29(48)23-27(28)3)51-39(58)30(18-20-35(55)64-45(7,8)9)50-40(59)32(25-37(57)66-47(13,14)15)49-34(54)19-21-36(56)65-46(10,11)12/h16-17,23,26,30-33,38H,18-22,24-25H2,1-15H3,(H,49,54)(H,50,59)(H,51,58)(H,52,61)(H,53,60)(H,62,63)/t30-,31-,32-,33-,38+/m0/s1. The van der Waals surface area contributed by atoms with Crippen molar-refractivity contribution in [1.29, 1.82) is 0 Å². The molecule has 0 radical (unpaired) electrons. The summed E-state index contributed by atoms with van der Waals surface area (Å²) in [7, 11) is 0. The zero-order valence-electron chi connectivity index (χ0n) is 41.4. The summed E-state index contributed by atoms with van der Waals surface area (Å²) in [6.45, 7) is 25.0. The number of carbonyl (C=O) groups is 9. The summed E-state index contributed by atoms with van der Waals surface area (Å²) in [4.78, 5) is 120. The molecule has 0 saturated heterocycles. The van der Waals surface area contributed by atoms with Gasteiger partial charge in [-0.25, -0.2) is 4.79 Å². The Balaban J connectivity index is 3.75. The van der Waals surface area contributed by atoms with Gasteiger partial charge < -0.3 is 45.9 Å². The maximum Gasteiger partial charge on any atom is 0.326 e. The summed E-state index contributed by atoms with van der Waals surface area (Å²) >= 11 is 6.22. The van der Waals surface area contributed by atoms with Gasteiger partial charge in [0.2, 0.25) is 29.5 Å². The van der Waals surface area contributed by atoms with Crippen LogP contribution in [0, 0.1) is 18.3 Å². The highest BCUT2D eigenvalue weighted by Gasteiger charge is 2.38. The number of carboxylic acid groups (broad SMARTS) is 1. The van der Waals surface area contributed by atoms with Crippen LogP contribution >= 0.6 is 11.6 Å². The van der Waals surface area contributed by atoms with Crippen LogP contribution in [0.2, 0.25) is 5.02 Å². The predicted molar refractivity (Wildman–Crippen MR) is 247 cm³/mol. The van der Waals surface area contributed by atoms with Gasteiger partial charge in [0, 0.05) is 24.3 Å². The fourth-order valence-electron chi connectivity index (χ4n) is 6.29. The Labute approximate surface area is 394 Å². The molecule has 0 heterocycles. The number of nitrogens with one attached hydrogen (secondary N) is 5. The van der Waals surface area contributed by atoms with E-state index in [0.29, 0.717) is 16.1 Å². The van der Waals surface area contributed by atoms with Gasteiger partial charge in [0.15, 0.2) is 0 Å². The molecule has 5 atom stereocenters. The molecule has 18 nitrogen and oxygen atoms in total. The molecule has 0 aliphatic carbocycles. The van der Waals surface area contributed by atoms with Crippen molar-refractivity contribution in [2.75, 3.05) is 0 Å². The number of aliphatic carboxylic acids is 1. The number of hydrogen-bond acceptors (Lipinski definition) is 12. The lowest BCUT2D eigenvalue weighted by Gasteiger charge is -2.33. The van der Waals surface area contributed by atoms with E-state index in [0.717, 1.165) is 0 Å². The average molecular weight is 953 g/mol. The second-order valence-electron chi connectivity index (χ2n) is 20.9. The van der Waals surface area contributed by atoms with Gasteiger partial charge in [-0.2, -0.15) is 0 Å². The van der Waals surface area contributed by atoms with Crippen molar-refractivity contribution in [3.8, 4) is 0 Å². The first kappa shape index (κ1) is 58.8. The quantitative estimate of drug-likeness (QED) is 0.0677. The van der Waals surface area contributed by atoms with E-state index in [2.05, 4.69) is 26.6 Å². The Hall–Kier alpha value is -5.26. The Morgan fingerprint density at radius 3 is 1.55 bits per heavy atom. The number of ether oxygens (including phenoxy) is 3. The maximum atomic E-state index is 14.5. The van der Waals surface area contributed by atoms with E-state index in [9.17, 15) is 48.3 Å². The minimum atomic E-state index is -1.64. The first-order chi connectivity index (χ1) is 30.0. The van der Waals surface area contributed by atoms with Crippen LogP contribution in [0.1, 0.15) is 147 Å². The van der Waals surface area contributed by atoms with Crippen molar-refractivity contribution in [2.24, 2.45) is 11.3 Å². The summed E-state index contributed by atoms with van der Waals surface area (Å²) in [5.41, 5.74) is -2.47. The van der Waals surface area contributed by atoms with Crippen molar-refractivity contribution in [3.63, 3.8) is 0 Å². The maximum absolute atomic E-state index is 14.5. The number of rotatable bonds is 22. The summed E-state index contributed by atoms with van der Waals surface area (Å²) in [5.74, 6) is -8.05. The van der Waals surface area contributed by atoms with E-state index < -0.39 is 125 Å². The minimum absolute atomic E-state index is 0.0898. The number of aryl methyl sites for hydroxylation is 1. The van der Waals surface area contributed by atoms with E-state index >= 15 is 0 Å². The van der Waals surface area contributed by atoms with E-state index in [1.54, 1.807) is 122 Å². The molecule has 0 saturated carbocycles. The Morgan fingerprint density at radius 1 is 0.591 bits per heavy atom. The molecule has 6 N–H and O–H groups in total. The second-order valence-corrected chi connectivity index (χ2v) is 21.3. The molecule has 0 aliphatic heterocycles. The summed E-state index contributed by atoms with van der Waals surface area (Å²) in [6.07, 6.45) is -2.30. The molecule has 372 valence electrons. The van der Waals surface area contributed by atoms with Crippen molar-refractivity contribution in [2.45, 2.75) is 196 Å². The summed E-state index contributed by atoms with van der Waals surface area (Å²) in [6, 6.07) is -2.37. The zero-order chi connectivity index (χ0) is 51.1. The topological polar surface area (TPSA) is 262 Å². The molecular weight excluding hydrogens is 878 g/mol. The van der Waals surface area contributed by atoms with Gasteiger partial charge in [-0.15, -0.1) is 0 Å². The lowest BCUT2D eigenvalue weighted by molar-refractivity contribution is -0.158. The highest BCUT2D eigenvalue weighted by atomic mass is 35.5. The van der Waals surface area contributed by atoms with Crippen molar-refractivity contribution in [3.05, 3.63) is 34.3 Å². The Kier molecular flexibility index (Phi) is 22.3. The molecule has 0 fully saturated rings. The third-order valence-corrected chi connectivity index (χ3v) is 9.44. The van der Waals surface area contributed by atoms with Crippen LogP contribution in [0.3, 0.4) is 0 Å². The van der Waals surface area contributed by atoms with Crippen LogP contribution in [0.25, 0.3) is 0 Å². The SMILES string of the molecule is Cc1cc(Cl)ccc1C[C@H](NC(=O)[C@H](CCC(=O)OC(C)(C)C)NC(=O)[C@H](CC(=O)OC(C)(C)C)NC(=O)CCC(=O)OC(C)(C)C)C(=O)N[C@H](C(=O)N[C@@H](CC(C)C)C(=O)O)C(C)(C)C. The highest BCUT2D eigenvalue weighted by molar-refractivity contribution is 6.30. The van der Waals surface area contributed by atoms with Gasteiger partial charge in [-0.05, 0) is 117 Å². The molecular formula is C47H74ClN5O13. The Morgan fingerprint density at radius 2 is 1.06 bits per heavy atom. The molecule has 1 aromatic carbocycles. The van der Waals surface area contributed by atoms with Crippen LogP contribution in [0.15, 0.2) is 18.2 Å². The van der Waals surface area contributed by atoms with Gasteiger partial charge in [0.05, 0.1) is 12.8 Å². The van der Waals surface area contributed by atoms with Gasteiger partial charge in [-0.3, -0.25) is 38.4 Å². The molecule has 0 aromatic heterocycles. The number of carboxylic acids is 1. The minimum Gasteiger partial charge on any atom is -0.480 e. The molecule has 19 heteroatoms. The lowest BCUT2D eigenvalue weighted by atomic mass is 9.85. The summed E-state index contributed by atoms with van der Waals surface area (Å²) in [5, 5.41) is 23.1. The van der Waals surface area contributed by atoms with Crippen molar-refractivity contribution >= 4 is 65.0 Å². The van der Waals surface area contributed by atoms with Crippen LogP contribution in [-0.2, 0) is 63.8 Å². The highest BCUT2D eigenvalue weighted by Crippen LogP contribution is 2.22. The number of benzene rings is 1. The number of carbonyl (C=O) groups excluding carboxylic acids is 8. The van der Waals surface area contributed by atoms with E-state index in [1.165, 1.54) is 0 Å². The zero-order valence-corrected chi connectivity index (χ0v) is 42.1. The van der Waals surface area contributed by atoms with Crippen molar-refractivity contribution in [1.82, 2.24) is 26.6 Å². The Bertz CT molecular complexity index is 1910.